The molecule has 0 unspecified atom stereocenters. The first-order valence-corrected chi connectivity index (χ1v) is 11.2. The van der Waals surface area contributed by atoms with Gasteiger partial charge in [0.05, 0.1) is 48.6 Å². The van der Waals surface area contributed by atoms with Crippen LogP contribution in [-0.4, -0.2) is 96.3 Å². The van der Waals surface area contributed by atoms with E-state index in [-0.39, 0.29) is 24.8 Å². The van der Waals surface area contributed by atoms with Crippen LogP contribution in [0.4, 0.5) is 5.69 Å². The lowest BCUT2D eigenvalue weighted by Crippen LogP contribution is -2.49. The summed E-state index contributed by atoms with van der Waals surface area (Å²) in [4.78, 5) is 29.8. The number of benzene rings is 2. The number of nitrogens with zero attached hydrogens (tertiary/aromatic N) is 2. The fourth-order valence-corrected chi connectivity index (χ4v) is 3.95. The maximum absolute atomic E-state index is 13.1. The van der Waals surface area contributed by atoms with Crippen molar-refractivity contribution < 1.29 is 33.3 Å². The molecule has 0 spiro atoms. The summed E-state index contributed by atoms with van der Waals surface area (Å²) < 4.78 is 26.6. The van der Waals surface area contributed by atoms with Gasteiger partial charge in [0.15, 0.2) is 5.78 Å². The van der Waals surface area contributed by atoms with Gasteiger partial charge >= 0.3 is 0 Å². The second-order valence-electron chi connectivity index (χ2n) is 8.03. The summed E-state index contributed by atoms with van der Waals surface area (Å²) in [5, 5.41) is 2.89. The van der Waals surface area contributed by atoms with E-state index in [0.29, 0.717) is 66.2 Å². The third-order valence-corrected chi connectivity index (χ3v) is 5.83. The van der Waals surface area contributed by atoms with E-state index in [4.69, 9.17) is 23.7 Å². The van der Waals surface area contributed by atoms with Crippen LogP contribution in [0.3, 0.4) is 0 Å². The second-order valence-corrected chi connectivity index (χ2v) is 8.03. The van der Waals surface area contributed by atoms with Crippen molar-refractivity contribution in [1.29, 1.82) is 0 Å². The molecule has 35 heavy (non-hydrogen) atoms. The lowest BCUT2D eigenvalue weighted by molar-refractivity contribution is -0.117. The average molecular weight is 488 g/mol. The van der Waals surface area contributed by atoms with Gasteiger partial charge in [-0.05, 0) is 0 Å². The zero-order chi connectivity index (χ0) is 25.4. The molecule has 1 N–H and O–H groups in total. The van der Waals surface area contributed by atoms with Crippen molar-refractivity contribution in [1.82, 2.24) is 9.80 Å². The van der Waals surface area contributed by atoms with Gasteiger partial charge in [-0.25, -0.2) is 0 Å². The van der Waals surface area contributed by atoms with Gasteiger partial charge in [0.1, 0.15) is 34.3 Å². The van der Waals surface area contributed by atoms with Crippen LogP contribution in [-0.2, 0) is 4.79 Å². The van der Waals surface area contributed by atoms with E-state index in [1.54, 1.807) is 51.7 Å². The van der Waals surface area contributed by atoms with Gasteiger partial charge in [0, 0.05) is 62.2 Å². The predicted octanol–water partition coefficient (Wildman–Crippen LogP) is 2.17. The largest absolute Gasteiger partial charge is 0.497 e. The first kappa shape index (κ1) is 26.1. The molecule has 1 fully saturated rings. The highest BCUT2D eigenvalue weighted by molar-refractivity contribution is 6.03. The third-order valence-electron chi connectivity index (χ3n) is 5.83. The molecule has 1 aliphatic heterocycles. The number of ether oxygens (including phenoxy) is 5. The minimum atomic E-state index is -0.127. The highest BCUT2D eigenvalue weighted by Crippen LogP contribution is 2.34. The molecule has 1 saturated heterocycles. The molecule has 2 aromatic carbocycles. The van der Waals surface area contributed by atoms with Gasteiger partial charge in [0.2, 0.25) is 5.91 Å². The molecule has 0 saturated carbocycles. The van der Waals surface area contributed by atoms with Gasteiger partial charge in [-0.3, -0.25) is 19.4 Å². The van der Waals surface area contributed by atoms with Crippen LogP contribution in [0.2, 0.25) is 0 Å². The molecule has 1 amide bonds. The Hall–Kier alpha value is -3.50. The van der Waals surface area contributed by atoms with Crippen LogP contribution < -0.4 is 29.0 Å². The van der Waals surface area contributed by atoms with Crippen molar-refractivity contribution in [2.75, 3.05) is 80.1 Å². The molecular weight excluding hydrogens is 454 g/mol. The maximum atomic E-state index is 13.1. The summed E-state index contributed by atoms with van der Waals surface area (Å²) in [6.07, 6.45) is 0. The van der Waals surface area contributed by atoms with Crippen molar-refractivity contribution in [3.63, 3.8) is 0 Å². The third kappa shape index (κ3) is 6.77. The highest BCUT2D eigenvalue weighted by Gasteiger charge is 2.25. The molecule has 0 atom stereocenters. The fourth-order valence-electron chi connectivity index (χ4n) is 3.95. The van der Waals surface area contributed by atoms with E-state index in [9.17, 15) is 9.59 Å². The van der Waals surface area contributed by atoms with E-state index in [0.717, 1.165) is 0 Å². The number of Topliss-reactive ketones (excluding diaryl/α,β-unsaturated/α-hetero) is 1. The zero-order valence-corrected chi connectivity index (χ0v) is 20.9. The smallest absolute Gasteiger partial charge is 0.238 e. The van der Waals surface area contributed by atoms with Crippen molar-refractivity contribution >= 4 is 17.4 Å². The average Bonchev–Trinajstić information content (AvgIpc) is 2.88. The Morgan fingerprint density at radius 1 is 0.686 bits per heavy atom. The SMILES string of the molecule is COc1cc(NC(=O)CN2CCN(CC(=O)c3c(OC)cc(OC)cc3OC)CC2)cc(OC)c1. The lowest BCUT2D eigenvalue weighted by atomic mass is 10.1. The van der Waals surface area contributed by atoms with E-state index >= 15 is 0 Å². The quantitative estimate of drug-likeness (QED) is 0.478. The number of amides is 1. The Labute approximate surface area is 205 Å². The van der Waals surface area contributed by atoms with Gasteiger partial charge in [-0.15, -0.1) is 0 Å². The first-order valence-electron chi connectivity index (χ1n) is 11.2. The zero-order valence-electron chi connectivity index (χ0n) is 20.9. The normalized spacial score (nSPS) is 14.2. The summed E-state index contributed by atoms with van der Waals surface area (Å²) in [5.74, 6) is 2.35. The topological polar surface area (TPSA) is 98.8 Å². The van der Waals surface area contributed by atoms with Gasteiger partial charge in [-0.1, -0.05) is 0 Å². The number of hydrogen-bond acceptors (Lipinski definition) is 9. The van der Waals surface area contributed by atoms with Gasteiger partial charge in [0.25, 0.3) is 0 Å². The fraction of sp³-hybridized carbons (Fsp3) is 0.440. The molecule has 3 rings (SSSR count). The molecule has 0 bridgehead atoms. The molecule has 1 heterocycles. The van der Waals surface area contributed by atoms with Crippen LogP contribution in [0, 0.1) is 0 Å². The number of piperazine rings is 1. The number of ketones is 1. The summed E-state index contributed by atoms with van der Waals surface area (Å²) >= 11 is 0. The molecule has 1 aliphatic rings. The molecule has 0 aliphatic carbocycles. The van der Waals surface area contributed by atoms with Crippen molar-refractivity contribution in [3.8, 4) is 28.7 Å². The Balaban J connectivity index is 1.54. The summed E-state index contributed by atoms with van der Waals surface area (Å²) in [7, 11) is 7.69. The summed E-state index contributed by atoms with van der Waals surface area (Å²) in [5.41, 5.74) is 1.00. The van der Waals surface area contributed by atoms with Crippen LogP contribution in [0.5, 0.6) is 28.7 Å². The minimum absolute atomic E-state index is 0.0977. The molecule has 10 nitrogen and oxygen atoms in total. The maximum Gasteiger partial charge on any atom is 0.238 e. The molecular formula is C25H33N3O7. The first-order chi connectivity index (χ1) is 16.9. The number of methoxy groups -OCH3 is 5. The van der Waals surface area contributed by atoms with Crippen LogP contribution in [0.25, 0.3) is 0 Å². The Bertz CT molecular complexity index is 988. The summed E-state index contributed by atoms with van der Waals surface area (Å²) in [6.45, 7) is 3.13. The van der Waals surface area contributed by atoms with Crippen LogP contribution in [0.15, 0.2) is 30.3 Å². The number of anilines is 1. The Kier molecular flexibility index (Phi) is 9.16. The van der Waals surface area contributed by atoms with E-state index in [1.165, 1.54) is 14.2 Å². The van der Waals surface area contributed by atoms with Gasteiger partial charge < -0.3 is 29.0 Å². The van der Waals surface area contributed by atoms with Crippen molar-refractivity contribution in [2.24, 2.45) is 0 Å². The molecule has 2 aromatic rings. The highest BCUT2D eigenvalue weighted by atomic mass is 16.5. The van der Waals surface area contributed by atoms with E-state index in [1.807, 2.05) is 0 Å². The molecule has 10 heteroatoms. The molecule has 0 radical (unpaired) electrons. The Morgan fingerprint density at radius 2 is 1.14 bits per heavy atom. The molecule has 190 valence electrons. The number of rotatable bonds is 11. The standard InChI is InChI=1S/C25H33N3O7/c1-31-18-10-17(11-19(12-18)32-2)26-24(30)16-28-8-6-27(7-9-28)15-21(29)25-22(34-4)13-20(33-3)14-23(25)35-5/h10-14H,6-9,15-16H2,1-5H3,(H,26,30). The monoisotopic (exact) mass is 487 g/mol. The predicted molar refractivity (Wildman–Crippen MR) is 131 cm³/mol. The van der Waals surface area contributed by atoms with E-state index < -0.39 is 0 Å². The summed E-state index contributed by atoms with van der Waals surface area (Å²) in [6, 6.07) is 8.57. The molecule has 0 aromatic heterocycles. The number of hydrogen-bond donors (Lipinski definition) is 1. The van der Waals surface area contributed by atoms with Crippen molar-refractivity contribution in [3.05, 3.63) is 35.9 Å². The lowest BCUT2D eigenvalue weighted by Gasteiger charge is -2.34. The van der Waals surface area contributed by atoms with Crippen LogP contribution >= 0.6 is 0 Å². The Morgan fingerprint density at radius 3 is 1.60 bits per heavy atom. The van der Waals surface area contributed by atoms with Crippen molar-refractivity contribution in [2.45, 2.75) is 0 Å². The number of nitrogens with one attached hydrogen (secondary N) is 1. The second kappa shape index (κ2) is 12.3. The van der Waals surface area contributed by atoms with Gasteiger partial charge in [-0.2, -0.15) is 0 Å². The van der Waals surface area contributed by atoms with Crippen LogP contribution in [0.1, 0.15) is 10.4 Å². The number of carbonyl (C=O) groups excluding carboxylic acids is 2. The van der Waals surface area contributed by atoms with E-state index in [2.05, 4.69) is 15.1 Å². The minimum Gasteiger partial charge on any atom is -0.497 e. The number of carbonyl (C=O) groups is 2.